The zero-order valence-electron chi connectivity index (χ0n) is 16.2. The molecule has 0 bridgehead atoms. The smallest absolute Gasteiger partial charge is 0.260 e. The van der Waals surface area contributed by atoms with Gasteiger partial charge in [0, 0.05) is 19.0 Å². The molecule has 0 atom stereocenters. The van der Waals surface area contributed by atoms with E-state index in [2.05, 4.69) is 9.97 Å². The molecule has 0 aliphatic carbocycles. The van der Waals surface area contributed by atoms with E-state index in [9.17, 15) is 9.18 Å². The molecule has 1 N–H and O–H groups in total. The quantitative estimate of drug-likeness (QED) is 0.740. The van der Waals surface area contributed by atoms with Gasteiger partial charge in [0.05, 0.1) is 11.0 Å². The molecule has 4 rings (SSSR count). The van der Waals surface area contributed by atoms with Gasteiger partial charge in [0.25, 0.3) is 5.91 Å². The van der Waals surface area contributed by atoms with Crippen LogP contribution in [0.25, 0.3) is 11.0 Å². The molecule has 0 radical (unpaired) electrons. The highest BCUT2D eigenvalue weighted by Gasteiger charge is 2.26. The molecule has 28 heavy (non-hydrogen) atoms. The Morgan fingerprint density at radius 2 is 2.00 bits per heavy atom. The van der Waals surface area contributed by atoms with Crippen LogP contribution in [0.1, 0.15) is 35.7 Å². The van der Waals surface area contributed by atoms with Gasteiger partial charge in [-0.1, -0.05) is 12.1 Å². The maximum atomic E-state index is 13.4. The van der Waals surface area contributed by atoms with E-state index in [1.54, 1.807) is 6.07 Å². The lowest BCUT2D eigenvalue weighted by molar-refractivity contribution is -0.134. The molecule has 2 aromatic carbocycles. The minimum atomic E-state index is -0.271. The summed E-state index contributed by atoms with van der Waals surface area (Å²) in [6.07, 6.45) is 1.66. The number of piperidine rings is 1. The molecule has 1 saturated heterocycles. The number of rotatable bonds is 4. The first-order valence-corrected chi connectivity index (χ1v) is 9.62. The topological polar surface area (TPSA) is 58.2 Å². The highest BCUT2D eigenvalue weighted by Crippen LogP contribution is 2.28. The van der Waals surface area contributed by atoms with Crippen LogP contribution in [-0.4, -0.2) is 40.5 Å². The molecular formula is C22H24FN3O2. The highest BCUT2D eigenvalue weighted by atomic mass is 19.1. The zero-order chi connectivity index (χ0) is 19.7. The van der Waals surface area contributed by atoms with Crippen molar-refractivity contribution in [3.05, 3.63) is 59.2 Å². The number of benzene rings is 2. The first-order valence-electron chi connectivity index (χ1n) is 9.62. The Bertz CT molecular complexity index is 1010. The number of amides is 1. The van der Waals surface area contributed by atoms with Gasteiger partial charge in [-0.05, 0) is 62.1 Å². The Hall–Kier alpha value is -2.89. The number of imidazole rings is 1. The fourth-order valence-corrected chi connectivity index (χ4v) is 3.69. The lowest BCUT2D eigenvalue weighted by atomic mass is 9.96. The number of carbonyl (C=O) groups excluding carboxylic acids is 1. The van der Waals surface area contributed by atoms with Crippen LogP contribution in [0.5, 0.6) is 5.75 Å². The van der Waals surface area contributed by atoms with Gasteiger partial charge in [-0.25, -0.2) is 9.37 Å². The molecular weight excluding hydrogens is 357 g/mol. The van der Waals surface area contributed by atoms with Gasteiger partial charge in [-0.3, -0.25) is 4.79 Å². The van der Waals surface area contributed by atoms with Crippen LogP contribution in [0.3, 0.4) is 0 Å². The number of aromatic amines is 1. The zero-order valence-corrected chi connectivity index (χ0v) is 16.2. The maximum absolute atomic E-state index is 13.4. The summed E-state index contributed by atoms with van der Waals surface area (Å²) in [4.78, 5) is 22.2. The van der Waals surface area contributed by atoms with Crippen molar-refractivity contribution in [1.29, 1.82) is 0 Å². The van der Waals surface area contributed by atoms with E-state index >= 15 is 0 Å². The standard InChI is InChI=1S/C22H24FN3O2/c1-14-3-4-15(2)20(11-14)28-13-21(27)26-9-7-16(8-10-26)22-24-18-6-5-17(23)12-19(18)25-22/h3-6,11-12,16H,7-10,13H2,1-2H3,(H,24,25). The van der Waals surface area contributed by atoms with Crippen molar-refractivity contribution < 1.29 is 13.9 Å². The SMILES string of the molecule is Cc1ccc(C)c(OCC(=O)N2CCC(c3nc4ccc(F)cc4[nH]3)CC2)c1. The Kier molecular flexibility index (Phi) is 5.03. The number of nitrogens with zero attached hydrogens (tertiary/aromatic N) is 2. The van der Waals surface area contributed by atoms with Gasteiger partial charge >= 0.3 is 0 Å². The summed E-state index contributed by atoms with van der Waals surface area (Å²) < 4.78 is 19.1. The molecule has 1 aliphatic heterocycles. The van der Waals surface area contributed by atoms with Crippen molar-refractivity contribution in [1.82, 2.24) is 14.9 Å². The Morgan fingerprint density at radius 1 is 1.21 bits per heavy atom. The second-order valence-electron chi connectivity index (χ2n) is 7.50. The van der Waals surface area contributed by atoms with Gasteiger partial charge in [0.1, 0.15) is 17.4 Å². The van der Waals surface area contributed by atoms with E-state index in [1.165, 1.54) is 12.1 Å². The fourth-order valence-electron chi connectivity index (χ4n) is 3.69. The molecule has 146 valence electrons. The van der Waals surface area contributed by atoms with E-state index in [1.807, 2.05) is 36.9 Å². The van der Waals surface area contributed by atoms with E-state index in [-0.39, 0.29) is 24.2 Å². The van der Waals surface area contributed by atoms with Crippen molar-refractivity contribution >= 4 is 16.9 Å². The van der Waals surface area contributed by atoms with Gasteiger partial charge in [-0.15, -0.1) is 0 Å². The minimum Gasteiger partial charge on any atom is -0.483 e. The van der Waals surface area contributed by atoms with Crippen LogP contribution in [0.2, 0.25) is 0 Å². The van der Waals surface area contributed by atoms with Gasteiger partial charge in [-0.2, -0.15) is 0 Å². The predicted molar refractivity (Wildman–Crippen MR) is 106 cm³/mol. The van der Waals surface area contributed by atoms with Gasteiger partial charge < -0.3 is 14.6 Å². The van der Waals surface area contributed by atoms with E-state index < -0.39 is 0 Å². The Balaban J connectivity index is 1.34. The molecule has 1 amide bonds. The first-order chi connectivity index (χ1) is 13.5. The summed E-state index contributed by atoms with van der Waals surface area (Å²) >= 11 is 0. The second kappa shape index (κ2) is 7.62. The average Bonchev–Trinajstić information content (AvgIpc) is 3.11. The number of likely N-dealkylation sites (tertiary alicyclic amines) is 1. The average molecular weight is 381 g/mol. The molecule has 5 nitrogen and oxygen atoms in total. The van der Waals surface area contributed by atoms with Crippen LogP contribution in [0.4, 0.5) is 4.39 Å². The van der Waals surface area contributed by atoms with E-state index in [0.29, 0.717) is 13.1 Å². The molecule has 3 aromatic rings. The third-order valence-corrected chi connectivity index (χ3v) is 5.39. The van der Waals surface area contributed by atoms with Crippen molar-refractivity contribution in [3.63, 3.8) is 0 Å². The molecule has 0 unspecified atom stereocenters. The summed E-state index contributed by atoms with van der Waals surface area (Å²) in [7, 11) is 0. The maximum Gasteiger partial charge on any atom is 0.260 e. The van der Waals surface area contributed by atoms with E-state index in [4.69, 9.17) is 4.74 Å². The first kappa shape index (κ1) is 18.5. The molecule has 6 heteroatoms. The van der Waals surface area contributed by atoms with Gasteiger partial charge in [0.15, 0.2) is 6.61 Å². The normalized spacial score (nSPS) is 15.2. The van der Waals surface area contributed by atoms with Crippen molar-refractivity contribution in [2.75, 3.05) is 19.7 Å². The third kappa shape index (κ3) is 3.86. The summed E-state index contributed by atoms with van der Waals surface area (Å²) in [6, 6.07) is 10.6. The van der Waals surface area contributed by atoms with Gasteiger partial charge in [0.2, 0.25) is 0 Å². The molecule has 1 aromatic heterocycles. The number of halogens is 1. The number of aryl methyl sites for hydroxylation is 2. The summed E-state index contributed by atoms with van der Waals surface area (Å²) in [5, 5.41) is 0. The minimum absolute atomic E-state index is 0.00559. The van der Waals surface area contributed by atoms with Crippen molar-refractivity contribution in [2.24, 2.45) is 0 Å². The Labute approximate surface area is 163 Å². The molecule has 1 fully saturated rings. The number of H-pyrrole nitrogens is 1. The van der Waals surface area contributed by atoms with Crippen LogP contribution < -0.4 is 4.74 Å². The second-order valence-corrected chi connectivity index (χ2v) is 7.50. The number of aromatic nitrogens is 2. The number of nitrogens with one attached hydrogen (secondary N) is 1. The number of hydrogen-bond donors (Lipinski definition) is 1. The monoisotopic (exact) mass is 381 g/mol. The molecule has 0 spiro atoms. The number of ether oxygens (including phenoxy) is 1. The predicted octanol–water partition coefficient (Wildman–Crippen LogP) is 4.10. The lowest BCUT2D eigenvalue weighted by Gasteiger charge is -2.31. The molecule has 1 aliphatic rings. The van der Waals surface area contributed by atoms with Crippen molar-refractivity contribution in [3.8, 4) is 5.75 Å². The number of fused-ring (bicyclic) bond motifs is 1. The number of carbonyl (C=O) groups is 1. The van der Waals surface area contributed by atoms with Crippen LogP contribution in [0.15, 0.2) is 36.4 Å². The highest BCUT2D eigenvalue weighted by molar-refractivity contribution is 5.78. The summed E-state index contributed by atoms with van der Waals surface area (Å²) in [6.45, 7) is 5.38. The fraction of sp³-hybridized carbons (Fsp3) is 0.364. The Morgan fingerprint density at radius 3 is 2.79 bits per heavy atom. The van der Waals surface area contributed by atoms with Crippen molar-refractivity contribution in [2.45, 2.75) is 32.6 Å². The van der Waals surface area contributed by atoms with E-state index in [0.717, 1.165) is 46.6 Å². The molecule has 0 saturated carbocycles. The van der Waals surface area contributed by atoms with Crippen LogP contribution >= 0.6 is 0 Å². The van der Waals surface area contributed by atoms with Crippen LogP contribution in [-0.2, 0) is 4.79 Å². The lowest BCUT2D eigenvalue weighted by Crippen LogP contribution is -2.40. The summed E-state index contributed by atoms with van der Waals surface area (Å²) in [5.74, 6) is 1.62. The van der Waals surface area contributed by atoms with Crippen LogP contribution in [0, 0.1) is 19.7 Å². The third-order valence-electron chi connectivity index (χ3n) is 5.39. The summed E-state index contributed by atoms with van der Waals surface area (Å²) in [5.41, 5.74) is 3.63. The largest absolute Gasteiger partial charge is 0.483 e. The molecule has 2 heterocycles. The number of hydrogen-bond acceptors (Lipinski definition) is 3.